The standard InChI is InChI=1S/C16H23FN2S/c1-11(9-19-16(2,3)4)18-10-14-8-12-7-13(17)5-6-15(12)20-14/h5-8,11,18-19H,9-10H2,1-4H3. The summed E-state index contributed by atoms with van der Waals surface area (Å²) in [6, 6.07) is 7.44. The van der Waals surface area contributed by atoms with Crippen LogP contribution in [0.25, 0.3) is 10.1 Å². The third-order valence-electron chi connectivity index (χ3n) is 3.09. The summed E-state index contributed by atoms with van der Waals surface area (Å²) in [5.74, 6) is -0.169. The van der Waals surface area contributed by atoms with Gasteiger partial charge < -0.3 is 10.6 Å². The van der Waals surface area contributed by atoms with Gasteiger partial charge in [-0.1, -0.05) is 0 Å². The Morgan fingerprint density at radius 2 is 2.00 bits per heavy atom. The van der Waals surface area contributed by atoms with Gasteiger partial charge >= 0.3 is 0 Å². The molecule has 4 heteroatoms. The van der Waals surface area contributed by atoms with Crippen LogP contribution in [0.2, 0.25) is 0 Å². The molecule has 2 N–H and O–H groups in total. The van der Waals surface area contributed by atoms with Crippen molar-refractivity contribution in [2.45, 2.75) is 45.8 Å². The molecule has 2 nitrogen and oxygen atoms in total. The first kappa shape index (κ1) is 15.4. The molecule has 0 saturated carbocycles. The Morgan fingerprint density at radius 1 is 1.25 bits per heavy atom. The van der Waals surface area contributed by atoms with Crippen LogP contribution in [0.15, 0.2) is 24.3 Å². The number of halogens is 1. The van der Waals surface area contributed by atoms with Crippen LogP contribution in [0.1, 0.15) is 32.6 Å². The Kier molecular flexibility index (Phi) is 4.78. The Labute approximate surface area is 124 Å². The number of hydrogen-bond acceptors (Lipinski definition) is 3. The van der Waals surface area contributed by atoms with Gasteiger partial charge in [-0.05, 0) is 57.3 Å². The second-order valence-electron chi connectivity index (χ2n) is 6.31. The maximum absolute atomic E-state index is 13.2. The summed E-state index contributed by atoms with van der Waals surface area (Å²) in [5.41, 5.74) is 0.144. The fraction of sp³-hybridized carbons (Fsp3) is 0.500. The van der Waals surface area contributed by atoms with Gasteiger partial charge in [0, 0.05) is 34.2 Å². The molecular formula is C16H23FN2S. The maximum Gasteiger partial charge on any atom is 0.123 e. The number of hydrogen-bond donors (Lipinski definition) is 2. The van der Waals surface area contributed by atoms with Crippen molar-refractivity contribution in [1.82, 2.24) is 10.6 Å². The van der Waals surface area contributed by atoms with Crippen LogP contribution >= 0.6 is 11.3 Å². The summed E-state index contributed by atoms with van der Waals surface area (Å²) in [4.78, 5) is 1.24. The molecule has 1 atom stereocenters. The van der Waals surface area contributed by atoms with Crippen molar-refractivity contribution in [2.24, 2.45) is 0 Å². The Balaban J connectivity index is 1.89. The summed E-state index contributed by atoms with van der Waals surface area (Å²) >= 11 is 1.72. The van der Waals surface area contributed by atoms with Crippen molar-refractivity contribution in [1.29, 1.82) is 0 Å². The highest BCUT2D eigenvalue weighted by Gasteiger charge is 2.11. The predicted molar refractivity (Wildman–Crippen MR) is 85.8 cm³/mol. The summed E-state index contributed by atoms with van der Waals surface area (Å²) in [6.07, 6.45) is 0. The van der Waals surface area contributed by atoms with Gasteiger partial charge in [-0.25, -0.2) is 4.39 Å². The third-order valence-corrected chi connectivity index (χ3v) is 4.21. The first-order chi connectivity index (χ1) is 9.33. The number of rotatable bonds is 5. The normalized spacial score (nSPS) is 13.8. The highest BCUT2D eigenvalue weighted by Crippen LogP contribution is 2.26. The predicted octanol–water partition coefficient (Wildman–Crippen LogP) is 3.91. The fourth-order valence-corrected chi connectivity index (χ4v) is 2.96. The van der Waals surface area contributed by atoms with Gasteiger partial charge in [0.25, 0.3) is 0 Å². The SMILES string of the molecule is CC(CNC(C)(C)C)NCc1cc2cc(F)ccc2s1. The molecule has 0 bridgehead atoms. The number of nitrogens with one attached hydrogen (secondary N) is 2. The average molecular weight is 294 g/mol. The topological polar surface area (TPSA) is 24.1 Å². The molecule has 20 heavy (non-hydrogen) atoms. The lowest BCUT2D eigenvalue weighted by Gasteiger charge is -2.23. The molecule has 1 aromatic carbocycles. The smallest absolute Gasteiger partial charge is 0.123 e. The Hall–Kier alpha value is -0.970. The minimum Gasteiger partial charge on any atom is -0.311 e. The van der Waals surface area contributed by atoms with E-state index in [-0.39, 0.29) is 11.4 Å². The van der Waals surface area contributed by atoms with Crippen molar-refractivity contribution in [2.75, 3.05) is 6.54 Å². The molecule has 110 valence electrons. The minimum absolute atomic E-state index is 0.144. The van der Waals surface area contributed by atoms with Gasteiger partial charge in [0.05, 0.1) is 0 Å². The van der Waals surface area contributed by atoms with Gasteiger partial charge in [0.15, 0.2) is 0 Å². The van der Waals surface area contributed by atoms with Gasteiger partial charge in [-0.3, -0.25) is 0 Å². The third kappa shape index (κ3) is 4.54. The highest BCUT2D eigenvalue weighted by molar-refractivity contribution is 7.19. The number of thiophene rings is 1. The molecule has 0 amide bonds. The van der Waals surface area contributed by atoms with Gasteiger partial charge in [0.2, 0.25) is 0 Å². The molecule has 0 saturated heterocycles. The zero-order valence-electron chi connectivity index (χ0n) is 12.6. The zero-order valence-corrected chi connectivity index (χ0v) is 13.4. The van der Waals surface area contributed by atoms with Crippen molar-refractivity contribution in [3.8, 4) is 0 Å². The molecule has 1 unspecified atom stereocenters. The van der Waals surface area contributed by atoms with Crippen LogP contribution in [-0.4, -0.2) is 18.1 Å². The van der Waals surface area contributed by atoms with Crippen LogP contribution in [0, 0.1) is 5.82 Å². The monoisotopic (exact) mass is 294 g/mol. The first-order valence-electron chi connectivity index (χ1n) is 7.00. The van der Waals surface area contributed by atoms with E-state index in [2.05, 4.69) is 44.4 Å². The molecule has 0 aliphatic heterocycles. The first-order valence-corrected chi connectivity index (χ1v) is 7.81. The van der Waals surface area contributed by atoms with Gasteiger partial charge in [-0.15, -0.1) is 11.3 Å². The molecule has 0 radical (unpaired) electrons. The summed E-state index contributed by atoms with van der Waals surface area (Å²) in [7, 11) is 0. The van der Waals surface area contributed by atoms with Crippen molar-refractivity contribution < 1.29 is 4.39 Å². The number of fused-ring (bicyclic) bond motifs is 1. The second-order valence-corrected chi connectivity index (χ2v) is 7.48. The summed E-state index contributed by atoms with van der Waals surface area (Å²) < 4.78 is 14.3. The van der Waals surface area contributed by atoms with E-state index in [1.165, 1.54) is 10.9 Å². The van der Waals surface area contributed by atoms with E-state index in [1.807, 2.05) is 6.07 Å². The Morgan fingerprint density at radius 3 is 2.70 bits per heavy atom. The van der Waals surface area contributed by atoms with Crippen LogP contribution in [0.3, 0.4) is 0 Å². The van der Waals surface area contributed by atoms with Crippen molar-refractivity contribution in [3.05, 3.63) is 35.0 Å². The maximum atomic E-state index is 13.2. The lowest BCUT2D eigenvalue weighted by Crippen LogP contribution is -2.44. The summed E-state index contributed by atoms with van der Waals surface area (Å²) in [5, 5.41) is 7.98. The molecule has 1 aromatic heterocycles. The zero-order chi connectivity index (χ0) is 14.8. The van der Waals surface area contributed by atoms with Crippen LogP contribution in [0.4, 0.5) is 4.39 Å². The Bertz CT molecular complexity index is 571. The molecule has 2 rings (SSSR count). The van der Waals surface area contributed by atoms with Crippen molar-refractivity contribution >= 4 is 21.4 Å². The molecule has 2 aromatic rings. The lowest BCUT2D eigenvalue weighted by molar-refractivity contribution is 0.388. The van der Waals surface area contributed by atoms with Crippen molar-refractivity contribution in [3.63, 3.8) is 0 Å². The van der Waals surface area contributed by atoms with E-state index in [1.54, 1.807) is 17.4 Å². The van der Waals surface area contributed by atoms with Gasteiger partial charge in [0.1, 0.15) is 5.82 Å². The van der Waals surface area contributed by atoms with Crippen LogP contribution < -0.4 is 10.6 Å². The average Bonchev–Trinajstić information content (AvgIpc) is 2.75. The van der Waals surface area contributed by atoms with E-state index >= 15 is 0 Å². The second kappa shape index (κ2) is 6.20. The quantitative estimate of drug-likeness (QED) is 0.874. The van der Waals surface area contributed by atoms with E-state index < -0.39 is 0 Å². The minimum atomic E-state index is -0.169. The van der Waals surface area contributed by atoms with Gasteiger partial charge in [-0.2, -0.15) is 0 Å². The summed E-state index contributed by atoms with van der Waals surface area (Å²) in [6.45, 7) is 10.4. The van der Waals surface area contributed by atoms with E-state index in [4.69, 9.17) is 0 Å². The lowest BCUT2D eigenvalue weighted by atomic mass is 10.1. The molecule has 1 heterocycles. The molecule has 0 aliphatic carbocycles. The van der Waals surface area contributed by atoms with Crippen LogP contribution in [0.5, 0.6) is 0 Å². The van der Waals surface area contributed by atoms with E-state index in [0.29, 0.717) is 6.04 Å². The van der Waals surface area contributed by atoms with Crippen LogP contribution in [-0.2, 0) is 6.54 Å². The fourth-order valence-electron chi connectivity index (χ4n) is 1.96. The van der Waals surface area contributed by atoms with E-state index in [0.717, 1.165) is 23.2 Å². The largest absolute Gasteiger partial charge is 0.311 e. The molecule has 0 spiro atoms. The highest BCUT2D eigenvalue weighted by atomic mass is 32.1. The number of benzene rings is 1. The molecule has 0 aliphatic rings. The van der Waals surface area contributed by atoms with E-state index in [9.17, 15) is 4.39 Å². The molecule has 0 fully saturated rings. The molecular weight excluding hydrogens is 271 g/mol.